The molecular formula is C32H57N3O17. The number of non-ortho nitro benzene ring substituents is 1. The maximum atomic E-state index is 11.1. The lowest BCUT2D eigenvalue weighted by Gasteiger charge is -2.09. The van der Waals surface area contributed by atoms with Crippen LogP contribution in [0.1, 0.15) is 0 Å². The normalized spacial score (nSPS) is 11.3. The number of aliphatic hydroxyl groups is 1. The van der Waals surface area contributed by atoms with E-state index in [1.807, 2.05) is 0 Å². The highest BCUT2D eigenvalue weighted by Crippen LogP contribution is 2.28. The van der Waals surface area contributed by atoms with Crippen molar-refractivity contribution < 1.29 is 71.8 Å². The number of nitro benzene ring substituents is 2. The van der Waals surface area contributed by atoms with Crippen molar-refractivity contribution in [3.8, 4) is 0 Å². The van der Waals surface area contributed by atoms with Crippen molar-refractivity contribution >= 4 is 17.1 Å². The molecule has 2 N–H and O–H groups in total. The molecule has 0 aromatic heterocycles. The van der Waals surface area contributed by atoms with Gasteiger partial charge in [-0.05, 0) is 6.07 Å². The smallest absolute Gasteiger partial charge is 0.299 e. The van der Waals surface area contributed by atoms with Gasteiger partial charge in [0.15, 0.2) is 0 Å². The van der Waals surface area contributed by atoms with Crippen molar-refractivity contribution in [3.05, 3.63) is 38.4 Å². The van der Waals surface area contributed by atoms with Crippen LogP contribution in [0.3, 0.4) is 0 Å². The van der Waals surface area contributed by atoms with Crippen LogP contribution >= 0.6 is 0 Å². The van der Waals surface area contributed by atoms with Gasteiger partial charge in [-0.2, -0.15) is 0 Å². The van der Waals surface area contributed by atoms with E-state index in [-0.39, 0.29) is 36.8 Å². The zero-order valence-electron chi connectivity index (χ0n) is 30.0. The van der Waals surface area contributed by atoms with Gasteiger partial charge in [-0.25, -0.2) is 0 Å². The molecule has 0 aliphatic rings. The first kappa shape index (κ1) is 47.3. The van der Waals surface area contributed by atoms with E-state index < -0.39 is 9.85 Å². The molecular weight excluding hydrogens is 698 g/mol. The monoisotopic (exact) mass is 755 g/mol. The van der Waals surface area contributed by atoms with Gasteiger partial charge in [-0.1, -0.05) is 0 Å². The molecule has 20 heteroatoms. The molecule has 0 unspecified atom stereocenters. The van der Waals surface area contributed by atoms with Gasteiger partial charge in [0.1, 0.15) is 5.69 Å². The Kier molecular flexibility index (Phi) is 33.4. The van der Waals surface area contributed by atoms with Crippen molar-refractivity contribution in [1.29, 1.82) is 0 Å². The molecule has 0 bridgehead atoms. The van der Waals surface area contributed by atoms with Crippen LogP contribution in [0.4, 0.5) is 17.1 Å². The number of aliphatic hydroxyl groups excluding tert-OH is 1. The Balaban J connectivity index is 1.70. The third kappa shape index (κ3) is 29.8. The van der Waals surface area contributed by atoms with Gasteiger partial charge in [-0.15, -0.1) is 0 Å². The van der Waals surface area contributed by atoms with Crippen molar-refractivity contribution in [1.82, 2.24) is 0 Å². The van der Waals surface area contributed by atoms with Gasteiger partial charge in [0.25, 0.3) is 11.4 Å². The summed E-state index contributed by atoms with van der Waals surface area (Å²) in [6, 6.07) is 3.42. The van der Waals surface area contributed by atoms with Crippen LogP contribution in [0, 0.1) is 20.2 Å². The van der Waals surface area contributed by atoms with E-state index in [9.17, 15) is 20.2 Å². The molecule has 0 atom stereocenters. The van der Waals surface area contributed by atoms with Crippen molar-refractivity contribution in [2.24, 2.45) is 0 Å². The zero-order chi connectivity index (χ0) is 37.6. The minimum absolute atomic E-state index is 0.0135. The summed E-state index contributed by atoms with van der Waals surface area (Å²) < 4.78 is 64.8. The third-order valence-electron chi connectivity index (χ3n) is 6.28. The molecule has 0 saturated heterocycles. The van der Waals surface area contributed by atoms with E-state index in [1.165, 1.54) is 12.1 Å². The van der Waals surface area contributed by atoms with Crippen LogP contribution < -0.4 is 5.32 Å². The number of nitrogens with zero attached hydrogens (tertiary/aromatic N) is 2. The topological polar surface area (TPSA) is 229 Å². The van der Waals surface area contributed by atoms with E-state index in [0.717, 1.165) is 6.07 Å². The summed E-state index contributed by atoms with van der Waals surface area (Å²) in [5.41, 5.74) is -0.534. The molecule has 0 fully saturated rings. The van der Waals surface area contributed by atoms with Crippen LogP contribution in [0.2, 0.25) is 0 Å². The van der Waals surface area contributed by atoms with Crippen LogP contribution in [0.5, 0.6) is 0 Å². The summed E-state index contributed by atoms with van der Waals surface area (Å²) in [4.78, 5) is 20.6. The molecule has 0 radical (unpaired) electrons. The molecule has 1 rings (SSSR count). The first-order valence-corrected chi connectivity index (χ1v) is 17.3. The Hall–Kier alpha value is -2.70. The quantitative estimate of drug-likeness (QED) is 0.0542. The highest BCUT2D eigenvalue weighted by molar-refractivity contribution is 5.65. The molecule has 302 valence electrons. The number of hydrogen-bond acceptors (Lipinski definition) is 18. The Morgan fingerprint density at radius 3 is 1.00 bits per heavy atom. The van der Waals surface area contributed by atoms with Gasteiger partial charge in [0.2, 0.25) is 0 Å². The molecule has 0 saturated carbocycles. The first-order valence-electron chi connectivity index (χ1n) is 17.3. The number of nitrogens with one attached hydrogen (secondary N) is 1. The third-order valence-corrected chi connectivity index (χ3v) is 6.28. The number of anilines is 1. The number of ether oxygens (including phenoxy) is 12. The largest absolute Gasteiger partial charge is 0.394 e. The molecule has 1 aromatic rings. The summed E-state index contributed by atoms with van der Waals surface area (Å²) in [5, 5.41) is 33.4. The fourth-order valence-corrected chi connectivity index (χ4v) is 3.78. The molecule has 0 aliphatic carbocycles. The minimum Gasteiger partial charge on any atom is -0.394 e. The van der Waals surface area contributed by atoms with Crippen LogP contribution in [0.15, 0.2) is 18.2 Å². The number of benzene rings is 1. The average molecular weight is 756 g/mol. The predicted molar refractivity (Wildman–Crippen MR) is 185 cm³/mol. The van der Waals surface area contributed by atoms with E-state index >= 15 is 0 Å². The number of nitro groups is 2. The summed E-state index contributed by atoms with van der Waals surface area (Å²) in [6.07, 6.45) is 0. The van der Waals surface area contributed by atoms with E-state index in [4.69, 9.17) is 61.9 Å². The Morgan fingerprint density at radius 2 is 0.731 bits per heavy atom. The van der Waals surface area contributed by atoms with E-state index in [0.29, 0.717) is 152 Å². The second kappa shape index (κ2) is 36.6. The SMILES string of the molecule is O=[N+]([O-])c1ccc(NCCOCCOCCOCCOCCOCCOCCOCCOCCOCCOCCOCCOCCO)c([N+](=O)[O-])c1. The number of rotatable bonds is 41. The summed E-state index contributed by atoms with van der Waals surface area (Å²) in [6.45, 7) is 10.8. The fourth-order valence-electron chi connectivity index (χ4n) is 3.78. The minimum atomic E-state index is -0.683. The molecule has 0 heterocycles. The molecule has 20 nitrogen and oxygen atoms in total. The standard InChI is InChI=1S/C32H57N3O17/c36-4-6-42-8-10-44-12-14-46-16-18-48-20-22-50-24-26-52-28-27-51-25-23-49-21-19-47-17-15-45-13-11-43-9-7-41-5-3-33-31-2-1-30(34(37)38)29-32(31)35(39)40/h1-2,29,33,36H,3-28H2. The maximum absolute atomic E-state index is 11.1. The Morgan fingerprint density at radius 1 is 0.442 bits per heavy atom. The molecule has 0 spiro atoms. The number of hydrogen-bond donors (Lipinski definition) is 2. The van der Waals surface area contributed by atoms with Gasteiger partial charge in [0, 0.05) is 12.6 Å². The maximum Gasteiger partial charge on any atom is 0.299 e. The first-order chi connectivity index (χ1) is 25.6. The van der Waals surface area contributed by atoms with Crippen molar-refractivity contribution in [2.75, 3.05) is 177 Å². The second-order valence-electron chi connectivity index (χ2n) is 10.2. The average Bonchev–Trinajstić information content (AvgIpc) is 3.14. The summed E-state index contributed by atoms with van der Waals surface area (Å²) >= 11 is 0. The van der Waals surface area contributed by atoms with Crippen molar-refractivity contribution in [3.63, 3.8) is 0 Å². The van der Waals surface area contributed by atoms with E-state index in [1.54, 1.807) is 0 Å². The van der Waals surface area contributed by atoms with Crippen LogP contribution in [0.25, 0.3) is 0 Å². The Bertz CT molecular complexity index is 982. The molecule has 0 amide bonds. The lowest BCUT2D eigenvalue weighted by molar-refractivity contribution is -0.393. The highest BCUT2D eigenvalue weighted by atomic mass is 16.6. The molecule has 0 aliphatic heterocycles. The zero-order valence-corrected chi connectivity index (χ0v) is 30.0. The van der Waals surface area contributed by atoms with Crippen LogP contribution in [-0.2, 0) is 56.8 Å². The lowest BCUT2D eigenvalue weighted by Crippen LogP contribution is -2.16. The van der Waals surface area contributed by atoms with Gasteiger partial charge in [0.05, 0.1) is 181 Å². The van der Waals surface area contributed by atoms with E-state index in [2.05, 4.69) is 5.32 Å². The molecule has 52 heavy (non-hydrogen) atoms. The Labute approximate surface area is 304 Å². The lowest BCUT2D eigenvalue weighted by atomic mass is 10.2. The van der Waals surface area contributed by atoms with Gasteiger partial charge in [-0.3, -0.25) is 20.2 Å². The van der Waals surface area contributed by atoms with Crippen molar-refractivity contribution in [2.45, 2.75) is 0 Å². The summed E-state index contributed by atoms with van der Waals surface area (Å²) in [7, 11) is 0. The second-order valence-corrected chi connectivity index (χ2v) is 10.2. The predicted octanol–water partition coefficient (Wildman–Crippen LogP) is 1.11. The van der Waals surface area contributed by atoms with Gasteiger partial charge < -0.3 is 67.3 Å². The highest BCUT2D eigenvalue weighted by Gasteiger charge is 2.19. The van der Waals surface area contributed by atoms with Crippen LogP contribution in [-0.4, -0.2) is 187 Å². The fraction of sp³-hybridized carbons (Fsp3) is 0.812. The van der Waals surface area contributed by atoms with Gasteiger partial charge >= 0.3 is 0 Å². The molecule has 1 aromatic carbocycles. The summed E-state index contributed by atoms with van der Waals surface area (Å²) in [5.74, 6) is 0.